The van der Waals surface area contributed by atoms with Gasteiger partial charge < -0.3 is 10.2 Å². The zero-order chi connectivity index (χ0) is 12.6. The van der Waals surface area contributed by atoms with Gasteiger partial charge in [0.1, 0.15) is 0 Å². The molecule has 0 unspecified atom stereocenters. The molecular formula is C12H24N2O2. The van der Waals surface area contributed by atoms with Gasteiger partial charge >= 0.3 is 11.8 Å². The van der Waals surface area contributed by atoms with Crippen molar-refractivity contribution in [3.05, 3.63) is 0 Å². The SMILES string of the molecule is CCCN(CCC)C(=O)C(=O)NCC(C)C. The van der Waals surface area contributed by atoms with E-state index in [1.54, 1.807) is 4.90 Å². The largest absolute Gasteiger partial charge is 0.348 e. The van der Waals surface area contributed by atoms with E-state index in [-0.39, 0.29) is 0 Å². The van der Waals surface area contributed by atoms with Gasteiger partial charge in [-0.3, -0.25) is 9.59 Å². The van der Waals surface area contributed by atoms with Crippen LogP contribution in [0.3, 0.4) is 0 Å². The molecule has 0 aromatic rings. The first-order chi connectivity index (χ1) is 7.52. The summed E-state index contributed by atoms with van der Waals surface area (Å²) in [6.45, 7) is 9.87. The van der Waals surface area contributed by atoms with Crippen molar-refractivity contribution < 1.29 is 9.59 Å². The molecule has 0 spiro atoms. The van der Waals surface area contributed by atoms with Gasteiger partial charge in [0, 0.05) is 19.6 Å². The zero-order valence-electron chi connectivity index (χ0n) is 10.9. The molecular weight excluding hydrogens is 204 g/mol. The van der Waals surface area contributed by atoms with E-state index in [1.807, 2.05) is 27.7 Å². The summed E-state index contributed by atoms with van der Waals surface area (Å²) in [5.74, 6) is -0.512. The fourth-order valence-electron chi connectivity index (χ4n) is 1.37. The molecule has 0 atom stereocenters. The molecule has 2 amide bonds. The number of rotatable bonds is 6. The van der Waals surface area contributed by atoms with E-state index in [0.717, 1.165) is 12.8 Å². The number of hydrogen-bond acceptors (Lipinski definition) is 2. The molecule has 0 saturated carbocycles. The molecule has 0 fully saturated rings. The Kier molecular flexibility index (Phi) is 7.60. The lowest BCUT2D eigenvalue weighted by molar-refractivity contribution is -0.146. The highest BCUT2D eigenvalue weighted by Gasteiger charge is 2.19. The van der Waals surface area contributed by atoms with Crippen LogP contribution in [0, 0.1) is 5.92 Å². The molecule has 0 rings (SSSR count). The van der Waals surface area contributed by atoms with E-state index < -0.39 is 11.8 Å². The van der Waals surface area contributed by atoms with Crippen LogP contribution < -0.4 is 5.32 Å². The summed E-state index contributed by atoms with van der Waals surface area (Å²) in [5.41, 5.74) is 0. The van der Waals surface area contributed by atoms with Crippen molar-refractivity contribution in [3.8, 4) is 0 Å². The lowest BCUT2D eigenvalue weighted by Gasteiger charge is -2.20. The maximum absolute atomic E-state index is 11.7. The van der Waals surface area contributed by atoms with E-state index in [9.17, 15) is 9.59 Å². The topological polar surface area (TPSA) is 49.4 Å². The van der Waals surface area contributed by atoms with Crippen molar-refractivity contribution in [2.75, 3.05) is 19.6 Å². The zero-order valence-corrected chi connectivity index (χ0v) is 10.9. The van der Waals surface area contributed by atoms with E-state index in [1.165, 1.54) is 0 Å². The molecule has 0 heterocycles. The fourth-order valence-corrected chi connectivity index (χ4v) is 1.37. The molecule has 1 N–H and O–H groups in total. The molecule has 94 valence electrons. The number of hydrogen-bond donors (Lipinski definition) is 1. The van der Waals surface area contributed by atoms with E-state index in [4.69, 9.17) is 0 Å². The van der Waals surface area contributed by atoms with Crippen molar-refractivity contribution >= 4 is 11.8 Å². The van der Waals surface area contributed by atoms with Gasteiger partial charge in [-0.15, -0.1) is 0 Å². The van der Waals surface area contributed by atoms with Gasteiger partial charge in [0.05, 0.1) is 0 Å². The molecule has 0 aromatic heterocycles. The third kappa shape index (κ3) is 5.73. The van der Waals surface area contributed by atoms with Gasteiger partial charge in [0.15, 0.2) is 0 Å². The molecule has 16 heavy (non-hydrogen) atoms. The predicted molar refractivity (Wildman–Crippen MR) is 65.0 cm³/mol. The van der Waals surface area contributed by atoms with Crippen LogP contribution in [0.5, 0.6) is 0 Å². The third-order valence-corrected chi connectivity index (χ3v) is 2.14. The second-order valence-corrected chi connectivity index (χ2v) is 4.40. The summed E-state index contributed by atoms with van der Waals surface area (Å²) in [6.07, 6.45) is 1.76. The highest BCUT2D eigenvalue weighted by Crippen LogP contribution is 1.96. The van der Waals surface area contributed by atoms with Crippen LogP contribution in [-0.4, -0.2) is 36.3 Å². The highest BCUT2D eigenvalue weighted by molar-refractivity contribution is 6.34. The minimum Gasteiger partial charge on any atom is -0.348 e. The quantitative estimate of drug-likeness (QED) is 0.699. The first-order valence-electron chi connectivity index (χ1n) is 6.10. The molecule has 0 aliphatic heterocycles. The molecule has 0 saturated heterocycles. The lowest BCUT2D eigenvalue weighted by atomic mass is 10.2. The molecule has 4 nitrogen and oxygen atoms in total. The Balaban J connectivity index is 4.19. The summed E-state index contributed by atoms with van der Waals surface area (Å²) in [7, 11) is 0. The van der Waals surface area contributed by atoms with Crippen LogP contribution >= 0.6 is 0 Å². The Morgan fingerprint density at radius 2 is 1.62 bits per heavy atom. The van der Waals surface area contributed by atoms with Gasteiger partial charge in [-0.1, -0.05) is 27.7 Å². The number of amides is 2. The Hall–Kier alpha value is -1.06. The van der Waals surface area contributed by atoms with Crippen LogP contribution in [-0.2, 0) is 9.59 Å². The standard InChI is InChI=1S/C12H24N2O2/c1-5-7-14(8-6-2)12(16)11(15)13-9-10(3)4/h10H,5-9H2,1-4H3,(H,13,15). The van der Waals surface area contributed by atoms with Crippen LogP contribution in [0.25, 0.3) is 0 Å². The first kappa shape index (κ1) is 14.9. The highest BCUT2D eigenvalue weighted by atomic mass is 16.2. The molecule has 4 heteroatoms. The molecule has 0 bridgehead atoms. The fraction of sp³-hybridized carbons (Fsp3) is 0.833. The van der Waals surface area contributed by atoms with Gasteiger partial charge in [-0.2, -0.15) is 0 Å². The van der Waals surface area contributed by atoms with Gasteiger partial charge in [0.25, 0.3) is 0 Å². The normalized spacial score (nSPS) is 10.3. The summed E-state index contributed by atoms with van der Waals surface area (Å²) in [6, 6.07) is 0. The van der Waals surface area contributed by atoms with Crippen molar-refractivity contribution in [1.82, 2.24) is 10.2 Å². The molecule has 0 aliphatic rings. The maximum atomic E-state index is 11.7. The molecule has 0 aliphatic carbocycles. The number of carbonyl (C=O) groups is 2. The minimum absolute atomic E-state index is 0.363. The van der Waals surface area contributed by atoms with Crippen LogP contribution in [0.2, 0.25) is 0 Å². The van der Waals surface area contributed by atoms with Crippen molar-refractivity contribution in [1.29, 1.82) is 0 Å². The summed E-state index contributed by atoms with van der Waals surface area (Å²) in [5, 5.41) is 2.65. The van der Waals surface area contributed by atoms with Crippen molar-refractivity contribution in [2.45, 2.75) is 40.5 Å². The monoisotopic (exact) mass is 228 g/mol. The average Bonchev–Trinajstić information content (AvgIpc) is 2.24. The minimum atomic E-state index is -0.476. The molecule has 0 aromatic carbocycles. The second kappa shape index (κ2) is 8.13. The smallest absolute Gasteiger partial charge is 0.311 e. The Labute approximate surface area is 98.4 Å². The number of carbonyl (C=O) groups excluding carboxylic acids is 2. The van der Waals surface area contributed by atoms with E-state index >= 15 is 0 Å². The maximum Gasteiger partial charge on any atom is 0.311 e. The van der Waals surface area contributed by atoms with Crippen molar-refractivity contribution in [2.24, 2.45) is 5.92 Å². The number of nitrogens with zero attached hydrogens (tertiary/aromatic N) is 1. The van der Waals surface area contributed by atoms with Gasteiger partial charge in [-0.05, 0) is 18.8 Å². The number of nitrogens with one attached hydrogen (secondary N) is 1. The third-order valence-electron chi connectivity index (χ3n) is 2.14. The van der Waals surface area contributed by atoms with Crippen LogP contribution in [0.15, 0.2) is 0 Å². The molecule has 0 radical (unpaired) electrons. The van der Waals surface area contributed by atoms with Gasteiger partial charge in [0.2, 0.25) is 0 Å². The first-order valence-corrected chi connectivity index (χ1v) is 6.10. The average molecular weight is 228 g/mol. The summed E-state index contributed by atoms with van der Waals surface area (Å²) < 4.78 is 0. The Morgan fingerprint density at radius 3 is 2.00 bits per heavy atom. The summed E-state index contributed by atoms with van der Waals surface area (Å²) >= 11 is 0. The summed E-state index contributed by atoms with van der Waals surface area (Å²) in [4.78, 5) is 24.9. The van der Waals surface area contributed by atoms with E-state index in [2.05, 4.69) is 5.32 Å². The predicted octanol–water partition coefficient (Wildman–Crippen LogP) is 1.41. The van der Waals surface area contributed by atoms with Gasteiger partial charge in [-0.25, -0.2) is 0 Å². The van der Waals surface area contributed by atoms with E-state index in [0.29, 0.717) is 25.6 Å². The Morgan fingerprint density at radius 1 is 1.12 bits per heavy atom. The lowest BCUT2D eigenvalue weighted by Crippen LogP contribution is -2.44. The van der Waals surface area contributed by atoms with Crippen LogP contribution in [0.1, 0.15) is 40.5 Å². The Bertz CT molecular complexity index is 221. The van der Waals surface area contributed by atoms with Crippen LogP contribution in [0.4, 0.5) is 0 Å². The van der Waals surface area contributed by atoms with Crippen molar-refractivity contribution in [3.63, 3.8) is 0 Å². The second-order valence-electron chi connectivity index (χ2n) is 4.40.